The summed E-state index contributed by atoms with van der Waals surface area (Å²) < 4.78 is 20.0. The Morgan fingerprint density at radius 2 is 1.75 bits per heavy atom. The summed E-state index contributed by atoms with van der Waals surface area (Å²) in [7, 11) is 0. The number of hydrogen-bond acceptors (Lipinski definition) is 7. The van der Waals surface area contributed by atoms with Crippen LogP contribution in [0, 0.1) is 5.82 Å². The molecule has 2 heterocycles. The summed E-state index contributed by atoms with van der Waals surface area (Å²) in [6.07, 6.45) is 6.30. The van der Waals surface area contributed by atoms with Gasteiger partial charge in [0.05, 0.1) is 5.69 Å². The molecule has 194 valence electrons. The summed E-state index contributed by atoms with van der Waals surface area (Å²) in [5, 5.41) is 7.24. The zero-order valence-corrected chi connectivity index (χ0v) is 21.0. The Morgan fingerprint density at radius 3 is 2.36 bits per heavy atom. The smallest absolute Gasteiger partial charge is 0.227 e. The van der Waals surface area contributed by atoms with Crippen LogP contribution >= 0.6 is 0 Å². The number of ketones is 1. The number of piperazine rings is 1. The predicted molar refractivity (Wildman–Crippen MR) is 131 cm³/mol. The maximum atomic E-state index is 14.5. The number of amides is 2. The fourth-order valence-electron chi connectivity index (χ4n) is 5.18. The molecule has 2 aromatic rings. The van der Waals surface area contributed by atoms with Gasteiger partial charge in [-0.05, 0) is 38.0 Å². The van der Waals surface area contributed by atoms with Crippen LogP contribution in [0.1, 0.15) is 80.9 Å². The molecule has 2 fully saturated rings. The number of carbonyl (C=O) groups excluding carboxylic acids is 3. The number of nitrogens with one attached hydrogen (secondary N) is 1. The van der Waals surface area contributed by atoms with Crippen LogP contribution in [0.15, 0.2) is 22.7 Å². The third kappa shape index (κ3) is 5.91. The van der Waals surface area contributed by atoms with Gasteiger partial charge in [0.1, 0.15) is 11.4 Å². The van der Waals surface area contributed by atoms with Crippen molar-refractivity contribution in [2.75, 3.05) is 31.1 Å². The monoisotopic (exact) mass is 499 g/mol. The van der Waals surface area contributed by atoms with Gasteiger partial charge >= 0.3 is 0 Å². The fourth-order valence-corrected chi connectivity index (χ4v) is 5.18. The van der Waals surface area contributed by atoms with Crippen LogP contribution in [0.5, 0.6) is 0 Å². The number of halogens is 1. The number of nitrogens with zero attached hydrogens (tertiary/aromatic N) is 4. The van der Waals surface area contributed by atoms with E-state index in [-0.39, 0.29) is 24.0 Å². The van der Waals surface area contributed by atoms with Gasteiger partial charge in [-0.3, -0.25) is 14.4 Å². The number of rotatable bonds is 7. The van der Waals surface area contributed by atoms with Gasteiger partial charge in [0, 0.05) is 51.5 Å². The van der Waals surface area contributed by atoms with Crippen molar-refractivity contribution in [2.45, 2.75) is 70.8 Å². The molecule has 0 spiro atoms. The molecule has 9 nitrogen and oxygen atoms in total. The lowest BCUT2D eigenvalue weighted by Crippen LogP contribution is -2.49. The van der Waals surface area contributed by atoms with Crippen molar-refractivity contribution in [1.82, 2.24) is 20.4 Å². The van der Waals surface area contributed by atoms with E-state index in [0.29, 0.717) is 55.6 Å². The summed E-state index contributed by atoms with van der Waals surface area (Å²) in [5.74, 6) is 0.135. The average Bonchev–Trinajstić information content (AvgIpc) is 3.22. The van der Waals surface area contributed by atoms with Crippen LogP contribution in [0.3, 0.4) is 0 Å². The fraction of sp³-hybridized carbons (Fsp3) is 0.577. The van der Waals surface area contributed by atoms with Gasteiger partial charge in [0.2, 0.25) is 17.7 Å². The molecule has 1 aliphatic carbocycles. The van der Waals surface area contributed by atoms with Gasteiger partial charge in [-0.15, -0.1) is 0 Å². The minimum atomic E-state index is -0.609. The van der Waals surface area contributed by atoms with E-state index in [1.165, 1.54) is 19.9 Å². The lowest BCUT2D eigenvalue weighted by Gasteiger charge is -2.36. The highest BCUT2D eigenvalue weighted by atomic mass is 19.1. The van der Waals surface area contributed by atoms with E-state index in [4.69, 9.17) is 4.52 Å². The molecule has 0 radical (unpaired) electrons. The van der Waals surface area contributed by atoms with Gasteiger partial charge in [-0.2, -0.15) is 4.98 Å². The van der Waals surface area contributed by atoms with Crippen LogP contribution < -0.4 is 10.2 Å². The highest BCUT2D eigenvalue weighted by Crippen LogP contribution is 2.34. The molecule has 1 N–H and O–H groups in total. The molecule has 1 saturated carbocycles. The number of benzene rings is 1. The van der Waals surface area contributed by atoms with Crippen molar-refractivity contribution >= 4 is 23.3 Å². The first kappa shape index (κ1) is 25.8. The van der Waals surface area contributed by atoms with E-state index in [1.54, 1.807) is 17.0 Å². The molecular formula is C26H34FN5O4. The SMILES string of the molecule is CC(=O)NC1(c2noc(CCC(=O)N3CCN(c4ccc(C(C)=O)cc4F)CC3)n2)CCCCCC1. The average molecular weight is 500 g/mol. The molecule has 0 bridgehead atoms. The molecular weight excluding hydrogens is 465 g/mol. The first-order chi connectivity index (χ1) is 17.3. The Hall–Kier alpha value is -3.30. The predicted octanol–water partition coefficient (Wildman–Crippen LogP) is 3.38. The molecule has 10 heteroatoms. The molecule has 36 heavy (non-hydrogen) atoms. The molecule has 2 amide bonds. The molecule has 1 saturated heterocycles. The number of aromatic nitrogens is 2. The highest BCUT2D eigenvalue weighted by molar-refractivity contribution is 5.94. The van der Waals surface area contributed by atoms with Gasteiger partial charge < -0.3 is 19.6 Å². The van der Waals surface area contributed by atoms with Crippen molar-refractivity contribution in [2.24, 2.45) is 0 Å². The number of aryl methyl sites for hydroxylation is 1. The minimum Gasteiger partial charge on any atom is -0.366 e. The van der Waals surface area contributed by atoms with Crippen molar-refractivity contribution in [3.63, 3.8) is 0 Å². The first-order valence-corrected chi connectivity index (χ1v) is 12.7. The second-order valence-electron chi connectivity index (χ2n) is 9.78. The third-order valence-corrected chi connectivity index (χ3v) is 7.15. The number of hydrogen-bond donors (Lipinski definition) is 1. The maximum Gasteiger partial charge on any atom is 0.227 e. The molecule has 1 aromatic heterocycles. The summed E-state index contributed by atoms with van der Waals surface area (Å²) in [4.78, 5) is 44.4. The molecule has 1 aromatic carbocycles. The minimum absolute atomic E-state index is 0.0205. The van der Waals surface area contributed by atoms with Crippen molar-refractivity contribution < 1.29 is 23.3 Å². The lowest BCUT2D eigenvalue weighted by molar-refractivity contribution is -0.131. The van der Waals surface area contributed by atoms with E-state index in [2.05, 4.69) is 15.5 Å². The normalized spacial score (nSPS) is 18.0. The van der Waals surface area contributed by atoms with Crippen LogP contribution in [0.4, 0.5) is 10.1 Å². The van der Waals surface area contributed by atoms with Gasteiger partial charge in [0.25, 0.3) is 0 Å². The van der Waals surface area contributed by atoms with Gasteiger partial charge in [0.15, 0.2) is 11.6 Å². The van der Waals surface area contributed by atoms with E-state index < -0.39 is 11.4 Å². The largest absolute Gasteiger partial charge is 0.366 e. The Bertz CT molecular complexity index is 1100. The Kier molecular flexibility index (Phi) is 8.01. The van der Waals surface area contributed by atoms with E-state index in [0.717, 1.165) is 38.5 Å². The van der Waals surface area contributed by atoms with Crippen LogP contribution in [0.2, 0.25) is 0 Å². The van der Waals surface area contributed by atoms with E-state index >= 15 is 0 Å². The zero-order chi connectivity index (χ0) is 25.7. The number of Topliss-reactive ketones (excluding diaryl/α,β-unsaturated/α-hetero) is 1. The van der Waals surface area contributed by atoms with Gasteiger partial charge in [-0.1, -0.05) is 30.8 Å². The summed E-state index contributed by atoms with van der Waals surface area (Å²) in [5.41, 5.74) is 0.177. The second-order valence-corrected chi connectivity index (χ2v) is 9.78. The quantitative estimate of drug-likeness (QED) is 0.460. The highest BCUT2D eigenvalue weighted by Gasteiger charge is 2.38. The number of anilines is 1. The topological polar surface area (TPSA) is 109 Å². The van der Waals surface area contributed by atoms with Crippen LogP contribution in [0.25, 0.3) is 0 Å². The van der Waals surface area contributed by atoms with Crippen molar-refractivity contribution in [1.29, 1.82) is 0 Å². The molecule has 0 unspecified atom stereocenters. The van der Waals surface area contributed by atoms with Crippen LogP contribution in [-0.2, 0) is 21.5 Å². The number of carbonyl (C=O) groups is 3. The third-order valence-electron chi connectivity index (χ3n) is 7.15. The summed E-state index contributed by atoms with van der Waals surface area (Å²) in [6, 6.07) is 4.51. The van der Waals surface area contributed by atoms with Crippen molar-refractivity contribution in [3.05, 3.63) is 41.3 Å². The second kappa shape index (κ2) is 11.2. The summed E-state index contributed by atoms with van der Waals surface area (Å²) >= 11 is 0. The van der Waals surface area contributed by atoms with E-state index in [1.807, 2.05) is 4.90 Å². The van der Waals surface area contributed by atoms with Crippen molar-refractivity contribution in [3.8, 4) is 0 Å². The van der Waals surface area contributed by atoms with E-state index in [9.17, 15) is 18.8 Å². The Morgan fingerprint density at radius 1 is 1.06 bits per heavy atom. The first-order valence-electron chi connectivity index (χ1n) is 12.7. The van der Waals surface area contributed by atoms with Crippen LogP contribution in [-0.4, -0.2) is 58.8 Å². The lowest BCUT2D eigenvalue weighted by atomic mass is 9.89. The summed E-state index contributed by atoms with van der Waals surface area (Å²) in [6.45, 7) is 4.88. The molecule has 0 atom stereocenters. The Labute approximate surface area is 210 Å². The molecule has 2 aliphatic rings. The standard InChI is InChI=1S/C26H34FN5O4/c1-18(33)20-7-8-22(21(27)17-20)31-13-15-32(16-14-31)24(35)10-9-23-28-25(30-36-23)26(29-19(2)34)11-5-3-4-6-12-26/h7-8,17H,3-6,9-16H2,1-2H3,(H,29,34). The zero-order valence-electron chi connectivity index (χ0n) is 21.0. The van der Waals surface area contributed by atoms with Gasteiger partial charge in [-0.25, -0.2) is 4.39 Å². The molecule has 4 rings (SSSR count). The Balaban J connectivity index is 1.31. The molecule has 1 aliphatic heterocycles. The maximum absolute atomic E-state index is 14.5.